The largest absolute Gasteiger partial charge is 0.0616 e. The van der Waals surface area contributed by atoms with E-state index >= 15 is 0 Å². The molecule has 10 aromatic carbocycles. The van der Waals surface area contributed by atoms with Crippen molar-refractivity contribution in [3.05, 3.63) is 170 Å². The second-order valence-corrected chi connectivity index (χ2v) is 12.5. The van der Waals surface area contributed by atoms with E-state index in [2.05, 4.69) is 170 Å². The summed E-state index contributed by atoms with van der Waals surface area (Å²) in [5.41, 5.74) is 5.08. The Bertz CT molecular complexity index is 2660. The maximum Gasteiger partial charge on any atom is -0.00923 e. The van der Waals surface area contributed by atoms with Crippen LogP contribution in [-0.4, -0.2) is 0 Å². The van der Waals surface area contributed by atoms with Gasteiger partial charge in [0.2, 0.25) is 0 Å². The molecule has 10 rings (SSSR count). The first kappa shape index (κ1) is 25.4. The van der Waals surface area contributed by atoms with Gasteiger partial charge in [-0.25, -0.2) is 0 Å². The van der Waals surface area contributed by atoms with Gasteiger partial charge in [-0.2, -0.15) is 0 Å². The van der Waals surface area contributed by atoms with Gasteiger partial charge in [0.05, 0.1) is 0 Å². The van der Waals surface area contributed by atoms with Gasteiger partial charge < -0.3 is 0 Å². The molecule has 46 heavy (non-hydrogen) atoms. The lowest BCUT2D eigenvalue weighted by molar-refractivity contribution is 1.68. The van der Waals surface area contributed by atoms with Gasteiger partial charge in [-0.05, 0) is 134 Å². The van der Waals surface area contributed by atoms with Crippen LogP contribution >= 0.6 is 0 Å². The van der Waals surface area contributed by atoms with Crippen molar-refractivity contribution in [2.75, 3.05) is 0 Å². The van der Waals surface area contributed by atoms with Crippen molar-refractivity contribution >= 4 is 75.4 Å². The molecule has 0 heteroatoms. The van der Waals surface area contributed by atoms with Crippen LogP contribution in [0.5, 0.6) is 0 Å². The predicted octanol–water partition coefficient (Wildman–Crippen LogP) is 13.1. The molecule has 0 bridgehead atoms. The van der Waals surface area contributed by atoms with Crippen molar-refractivity contribution in [1.82, 2.24) is 0 Å². The maximum atomic E-state index is 2.39. The molecule has 0 nitrogen and oxygen atoms in total. The lowest BCUT2D eigenvalue weighted by Gasteiger charge is -2.18. The smallest absolute Gasteiger partial charge is 0.00923 e. The molecule has 0 spiro atoms. The van der Waals surface area contributed by atoms with Gasteiger partial charge in [0.1, 0.15) is 0 Å². The van der Waals surface area contributed by atoms with Gasteiger partial charge in [-0.1, -0.05) is 133 Å². The van der Waals surface area contributed by atoms with Crippen LogP contribution in [0.1, 0.15) is 0 Å². The minimum atomic E-state index is 1.26. The summed E-state index contributed by atoms with van der Waals surface area (Å²) in [5, 5.41) is 17.9. The first-order valence-corrected chi connectivity index (χ1v) is 16.0. The van der Waals surface area contributed by atoms with E-state index < -0.39 is 0 Å². The quantitative estimate of drug-likeness (QED) is 0.141. The monoisotopic (exact) mass is 580 g/mol. The molecule has 0 aliphatic rings. The Morgan fingerprint density at radius 2 is 0.478 bits per heavy atom. The molecule has 0 saturated carbocycles. The summed E-state index contributed by atoms with van der Waals surface area (Å²) in [6.45, 7) is 0. The zero-order chi connectivity index (χ0) is 30.2. The van der Waals surface area contributed by atoms with Gasteiger partial charge in [-0.3, -0.25) is 0 Å². The highest BCUT2D eigenvalue weighted by molar-refractivity contribution is 6.22. The van der Waals surface area contributed by atoms with E-state index in [1.807, 2.05) is 0 Å². The van der Waals surface area contributed by atoms with Crippen molar-refractivity contribution < 1.29 is 0 Å². The fourth-order valence-electron chi connectivity index (χ4n) is 7.79. The number of benzene rings is 10. The number of fused-ring (bicyclic) bond motifs is 9. The molecule has 0 radical (unpaired) electrons. The molecule has 0 aliphatic heterocycles. The van der Waals surface area contributed by atoms with E-state index in [-0.39, 0.29) is 0 Å². The van der Waals surface area contributed by atoms with Crippen LogP contribution in [-0.2, 0) is 0 Å². The number of hydrogen-bond acceptors (Lipinski definition) is 0. The fraction of sp³-hybridized carbons (Fsp3) is 0. The van der Waals surface area contributed by atoms with E-state index in [4.69, 9.17) is 0 Å². The first-order chi connectivity index (χ1) is 22.8. The number of hydrogen-bond donors (Lipinski definition) is 0. The minimum absolute atomic E-state index is 1.26. The first-order valence-electron chi connectivity index (χ1n) is 16.0. The van der Waals surface area contributed by atoms with Crippen LogP contribution in [0.25, 0.3) is 97.7 Å². The third-order valence-electron chi connectivity index (χ3n) is 9.96. The Morgan fingerprint density at radius 3 is 0.870 bits per heavy atom. The highest BCUT2D eigenvalue weighted by Gasteiger charge is 2.17. The van der Waals surface area contributed by atoms with E-state index in [9.17, 15) is 0 Å². The summed E-state index contributed by atoms with van der Waals surface area (Å²) in [5.74, 6) is 0. The maximum absolute atomic E-state index is 2.39. The Hall–Kier alpha value is -5.98. The molecular formula is C46H28. The molecule has 10 aromatic rings. The van der Waals surface area contributed by atoms with E-state index in [1.165, 1.54) is 97.7 Å². The molecular weight excluding hydrogens is 553 g/mol. The van der Waals surface area contributed by atoms with Crippen LogP contribution in [0.3, 0.4) is 0 Å². The van der Waals surface area contributed by atoms with Crippen molar-refractivity contribution in [2.45, 2.75) is 0 Å². The molecule has 0 unspecified atom stereocenters. The van der Waals surface area contributed by atoms with Gasteiger partial charge in [0, 0.05) is 0 Å². The summed E-state index contributed by atoms with van der Waals surface area (Å²) in [7, 11) is 0. The van der Waals surface area contributed by atoms with E-state index in [1.54, 1.807) is 0 Å². The summed E-state index contributed by atoms with van der Waals surface area (Å²) >= 11 is 0. The van der Waals surface area contributed by atoms with Gasteiger partial charge in [0.15, 0.2) is 0 Å². The molecule has 0 saturated heterocycles. The SMILES string of the molecule is c1ccc2cc3c(cc2c1)c(-c1ccc(-c2cc4ccccc4c4cc5ccccc5cc24)c2ccccc12)cc1ccccc13. The Morgan fingerprint density at radius 1 is 0.174 bits per heavy atom. The van der Waals surface area contributed by atoms with Crippen LogP contribution in [0.15, 0.2) is 170 Å². The molecule has 0 atom stereocenters. The summed E-state index contributed by atoms with van der Waals surface area (Å²) in [6.07, 6.45) is 0. The van der Waals surface area contributed by atoms with Crippen molar-refractivity contribution in [2.24, 2.45) is 0 Å². The molecule has 0 amide bonds. The molecule has 0 aliphatic carbocycles. The predicted molar refractivity (Wildman–Crippen MR) is 200 cm³/mol. The van der Waals surface area contributed by atoms with Gasteiger partial charge >= 0.3 is 0 Å². The summed E-state index contributed by atoms with van der Waals surface area (Å²) in [6, 6.07) is 63.0. The van der Waals surface area contributed by atoms with Gasteiger partial charge in [0.25, 0.3) is 0 Å². The van der Waals surface area contributed by atoms with E-state index in [0.717, 1.165) is 0 Å². The third-order valence-corrected chi connectivity index (χ3v) is 9.96. The average Bonchev–Trinajstić information content (AvgIpc) is 3.12. The second kappa shape index (κ2) is 9.76. The molecule has 0 heterocycles. The molecule has 0 aromatic heterocycles. The standard InChI is InChI=1S/C46H28/c1-3-13-31-25-45-41(23-29(31)11-1)35-17-7-5-15-33(35)27-43(45)39-21-22-40(38-20-10-9-19-37(38)39)44-28-34-16-6-8-18-36(34)42-24-30-12-2-4-14-32(30)26-46(42)44/h1-28H. The second-order valence-electron chi connectivity index (χ2n) is 12.5. The van der Waals surface area contributed by atoms with Gasteiger partial charge in [-0.15, -0.1) is 0 Å². The average molecular weight is 581 g/mol. The van der Waals surface area contributed by atoms with Crippen molar-refractivity contribution in [1.29, 1.82) is 0 Å². The van der Waals surface area contributed by atoms with Crippen LogP contribution in [0, 0.1) is 0 Å². The van der Waals surface area contributed by atoms with Crippen LogP contribution < -0.4 is 0 Å². The third kappa shape index (κ3) is 3.74. The molecule has 212 valence electrons. The lowest BCUT2D eigenvalue weighted by atomic mass is 9.85. The minimum Gasteiger partial charge on any atom is -0.0616 e. The normalized spacial score (nSPS) is 11.9. The summed E-state index contributed by atoms with van der Waals surface area (Å²) < 4.78 is 0. The Kier molecular flexibility index (Phi) is 5.38. The van der Waals surface area contributed by atoms with Crippen LogP contribution in [0.4, 0.5) is 0 Å². The Balaban J connectivity index is 1.30. The van der Waals surface area contributed by atoms with Crippen LogP contribution in [0.2, 0.25) is 0 Å². The summed E-state index contributed by atoms with van der Waals surface area (Å²) in [4.78, 5) is 0. The number of rotatable bonds is 2. The fourth-order valence-corrected chi connectivity index (χ4v) is 7.79. The van der Waals surface area contributed by atoms with Crippen molar-refractivity contribution in [3.63, 3.8) is 0 Å². The lowest BCUT2D eigenvalue weighted by Crippen LogP contribution is -1.91. The highest BCUT2D eigenvalue weighted by atomic mass is 14.2. The highest BCUT2D eigenvalue weighted by Crippen LogP contribution is 2.44. The van der Waals surface area contributed by atoms with E-state index in [0.29, 0.717) is 0 Å². The molecule has 0 fully saturated rings. The zero-order valence-corrected chi connectivity index (χ0v) is 25.2. The van der Waals surface area contributed by atoms with Crippen molar-refractivity contribution in [3.8, 4) is 22.3 Å². The Labute approximate surface area is 266 Å². The molecule has 0 N–H and O–H groups in total. The zero-order valence-electron chi connectivity index (χ0n) is 25.2. The topological polar surface area (TPSA) is 0 Å².